The summed E-state index contributed by atoms with van der Waals surface area (Å²) in [4.78, 5) is 0. The Morgan fingerprint density at radius 3 is 1.64 bits per heavy atom. The Balaban J connectivity index is 1.73. The minimum atomic E-state index is -0.230. The van der Waals surface area contributed by atoms with Crippen molar-refractivity contribution in [2.45, 2.75) is 0 Å². The summed E-state index contributed by atoms with van der Waals surface area (Å²) in [6.07, 6.45) is 8.02. The fourth-order valence-corrected chi connectivity index (χ4v) is 2.39. The second-order valence-electron chi connectivity index (χ2n) is 5.62. The van der Waals surface area contributed by atoms with Crippen molar-refractivity contribution in [3.05, 3.63) is 106 Å². The summed E-state index contributed by atoms with van der Waals surface area (Å²) in [6, 6.07) is 24.1. The van der Waals surface area contributed by atoms with Gasteiger partial charge in [-0.05, 0) is 52.6 Å². The van der Waals surface area contributed by atoms with Crippen molar-refractivity contribution in [1.29, 1.82) is 5.26 Å². The second-order valence-corrected chi connectivity index (χ2v) is 5.62. The van der Waals surface area contributed by atoms with Gasteiger partial charge in [-0.15, -0.1) is 0 Å². The van der Waals surface area contributed by atoms with Crippen LogP contribution < -0.4 is 0 Å². The molecule has 0 aromatic heterocycles. The van der Waals surface area contributed by atoms with Crippen LogP contribution in [-0.4, -0.2) is 0 Å². The van der Waals surface area contributed by atoms with Gasteiger partial charge in [0.25, 0.3) is 0 Å². The topological polar surface area (TPSA) is 23.8 Å². The molecule has 0 aliphatic heterocycles. The molecular formula is C23H16FN. The fraction of sp³-hybridized carbons (Fsp3) is 0. The molecule has 1 nitrogen and oxygen atoms in total. The highest BCUT2D eigenvalue weighted by atomic mass is 19.1. The summed E-state index contributed by atoms with van der Waals surface area (Å²) in [5, 5.41) is 8.82. The molecule has 0 fully saturated rings. The van der Waals surface area contributed by atoms with Gasteiger partial charge < -0.3 is 0 Å². The molecule has 3 aromatic rings. The van der Waals surface area contributed by atoms with E-state index >= 15 is 0 Å². The third kappa shape index (κ3) is 4.76. The number of rotatable bonds is 4. The first-order chi connectivity index (χ1) is 12.2. The second kappa shape index (κ2) is 7.90. The van der Waals surface area contributed by atoms with E-state index in [0.29, 0.717) is 5.56 Å². The third-order valence-corrected chi connectivity index (χ3v) is 3.76. The first kappa shape index (κ1) is 16.4. The molecule has 0 N–H and O–H groups in total. The van der Waals surface area contributed by atoms with Gasteiger partial charge in [0.15, 0.2) is 0 Å². The lowest BCUT2D eigenvalue weighted by Gasteiger charge is -1.98. The van der Waals surface area contributed by atoms with Crippen molar-refractivity contribution in [3.8, 4) is 6.07 Å². The molecule has 0 bridgehead atoms. The van der Waals surface area contributed by atoms with Crippen molar-refractivity contribution in [2.24, 2.45) is 0 Å². The van der Waals surface area contributed by atoms with E-state index < -0.39 is 0 Å². The minimum Gasteiger partial charge on any atom is -0.207 e. The molecule has 0 aliphatic carbocycles. The number of nitrogens with zero attached hydrogens (tertiary/aromatic N) is 1. The molecule has 0 amide bonds. The van der Waals surface area contributed by atoms with Gasteiger partial charge in [-0.1, -0.05) is 66.8 Å². The summed E-state index contributed by atoms with van der Waals surface area (Å²) in [5.41, 5.74) is 4.83. The molecule has 120 valence electrons. The Kier molecular flexibility index (Phi) is 5.19. The maximum absolute atomic E-state index is 12.9. The Morgan fingerprint density at radius 1 is 0.640 bits per heavy atom. The van der Waals surface area contributed by atoms with E-state index in [-0.39, 0.29) is 5.82 Å². The SMILES string of the molecule is N#Cc1ccc(/C=C/c2cccc(/C=C/c3ccc(F)cc3)c2)cc1. The predicted octanol–water partition coefficient (Wildman–Crippen LogP) is 6.04. The van der Waals surface area contributed by atoms with Crippen LogP contribution in [0.2, 0.25) is 0 Å². The molecular weight excluding hydrogens is 309 g/mol. The van der Waals surface area contributed by atoms with Crippen LogP contribution in [0.25, 0.3) is 24.3 Å². The van der Waals surface area contributed by atoms with E-state index in [2.05, 4.69) is 12.1 Å². The molecule has 0 unspecified atom stereocenters. The van der Waals surface area contributed by atoms with Crippen LogP contribution in [0.1, 0.15) is 27.8 Å². The molecule has 0 spiro atoms. The van der Waals surface area contributed by atoms with Crippen molar-refractivity contribution in [1.82, 2.24) is 0 Å². The van der Waals surface area contributed by atoms with Gasteiger partial charge in [0.2, 0.25) is 0 Å². The standard InChI is InChI=1S/C23H16FN/c24-23-14-12-19(13-15-23)5-9-21-3-1-2-20(16-21)8-4-18-6-10-22(17-25)11-7-18/h1-16H/b8-4+,9-5+. The molecule has 3 rings (SSSR count). The van der Waals surface area contributed by atoms with Gasteiger partial charge in [0, 0.05) is 0 Å². The third-order valence-electron chi connectivity index (χ3n) is 3.76. The largest absolute Gasteiger partial charge is 0.207 e. The first-order valence-corrected chi connectivity index (χ1v) is 7.95. The number of hydrogen-bond donors (Lipinski definition) is 0. The molecule has 25 heavy (non-hydrogen) atoms. The van der Waals surface area contributed by atoms with Gasteiger partial charge in [-0.25, -0.2) is 4.39 Å². The summed E-state index contributed by atoms with van der Waals surface area (Å²) in [5.74, 6) is -0.230. The van der Waals surface area contributed by atoms with Crippen molar-refractivity contribution < 1.29 is 4.39 Å². The zero-order valence-corrected chi connectivity index (χ0v) is 13.6. The summed E-state index contributed by atoms with van der Waals surface area (Å²) >= 11 is 0. The first-order valence-electron chi connectivity index (χ1n) is 7.95. The van der Waals surface area contributed by atoms with E-state index in [1.165, 1.54) is 12.1 Å². The quantitative estimate of drug-likeness (QED) is 0.537. The van der Waals surface area contributed by atoms with Gasteiger partial charge in [-0.3, -0.25) is 0 Å². The summed E-state index contributed by atoms with van der Waals surface area (Å²) in [6.45, 7) is 0. The van der Waals surface area contributed by atoms with E-state index in [0.717, 1.165) is 22.3 Å². The van der Waals surface area contributed by atoms with E-state index in [9.17, 15) is 4.39 Å². The Bertz CT molecular complexity index is 943. The minimum absolute atomic E-state index is 0.230. The van der Waals surface area contributed by atoms with E-state index in [4.69, 9.17) is 5.26 Å². The summed E-state index contributed by atoms with van der Waals surface area (Å²) < 4.78 is 12.9. The van der Waals surface area contributed by atoms with Gasteiger partial charge >= 0.3 is 0 Å². The number of hydrogen-bond acceptors (Lipinski definition) is 1. The smallest absolute Gasteiger partial charge is 0.123 e. The van der Waals surface area contributed by atoms with E-state index in [1.54, 1.807) is 12.1 Å². The monoisotopic (exact) mass is 325 g/mol. The number of nitriles is 1. The molecule has 2 heteroatoms. The predicted molar refractivity (Wildman–Crippen MR) is 102 cm³/mol. The van der Waals surface area contributed by atoms with Gasteiger partial charge in [0.1, 0.15) is 5.82 Å². The van der Waals surface area contributed by atoms with Crippen molar-refractivity contribution in [2.75, 3.05) is 0 Å². The average molecular weight is 325 g/mol. The highest BCUT2D eigenvalue weighted by Crippen LogP contribution is 2.14. The van der Waals surface area contributed by atoms with Crippen LogP contribution >= 0.6 is 0 Å². The number of halogens is 1. The maximum Gasteiger partial charge on any atom is 0.123 e. The maximum atomic E-state index is 12.9. The van der Waals surface area contributed by atoms with Crippen LogP contribution in [0.5, 0.6) is 0 Å². The van der Waals surface area contributed by atoms with Gasteiger partial charge in [-0.2, -0.15) is 5.26 Å². The van der Waals surface area contributed by atoms with Crippen LogP contribution in [0.4, 0.5) is 4.39 Å². The Morgan fingerprint density at radius 2 is 1.12 bits per heavy atom. The summed E-state index contributed by atoms with van der Waals surface area (Å²) in [7, 11) is 0. The Hall–Kier alpha value is -3.44. The molecule has 0 saturated heterocycles. The van der Waals surface area contributed by atoms with Crippen LogP contribution in [-0.2, 0) is 0 Å². The molecule has 0 saturated carbocycles. The fourth-order valence-electron chi connectivity index (χ4n) is 2.39. The lowest BCUT2D eigenvalue weighted by atomic mass is 10.1. The normalized spacial score (nSPS) is 11.0. The molecule has 3 aromatic carbocycles. The van der Waals surface area contributed by atoms with Crippen molar-refractivity contribution in [3.63, 3.8) is 0 Å². The van der Waals surface area contributed by atoms with Crippen LogP contribution in [0.15, 0.2) is 72.8 Å². The van der Waals surface area contributed by atoms with Crippen LogP contribution in [0, 0.1) is 17.1 Å². The lowest BCUT2D eigenvalue weighted by Crippen LogP contribution is -1.78. The highest BCUT2D eigenvalue weighted by molar-refractivity contribution is 5.74. The molecule has 0 heterocycles. The van der Waals surface area contributed by atoms with Crippen molar-refractivity contribution >= 4 is 24.3 Å². The Labute approximate surface area is 147 Å². The average Bonchev–Trinajstić information content (AvgIpc) is 2.67. The zero-order valence-electron chi connectivity index (χ0n) is 13.6. The number of benzene rings is 3. The lowest BCUT2D eigenvalue weighted by molar-refractivity contribution is 0.628. The zero-order chi connectivity index (χ0) is 17.5. The van der Waals surface area contributed by atoms with Gasteiger partial charge in [0.05, 0.1) is 11.6 Å². The van der Waals surface area contributed by atoms with Crippen LogP contribution in [0.3, 0.4) is 0 Å². The molecule has 0 radical (unpaired) electrons. The van der Waals surface area contributed by atoms with E-state index in [1.807, 2.05) is 66.8 Å². The molecule has 0 aliphatic rings. The highest BCUT2D eigenvalue weighted by Gasteiger charge is 1.93. The molecule has 0 atom stereocenters.